The number of nitrogens with two attached hydrogens (primary N) is 1. The van der Waals surface area contributed by atoms with Gasteiger partial charge in [0.15, 0.2) is 0 Å². The number of ether oxygens (including phenoxy) is 1. The molecule has 2 atom stereocenters. The van der Waals surface area contributed by atoms with Crippen molar-refractivity contribution in [3.8, 4) is 0 Å². The van der Waals surface area contributed by atoms with Crippen LogP contribution < -0.4 is 11.1 Å². The van der Waals surface area contributed by atoms with Crippen LogP contribution in [0.5, 0.6) is 0 Å². The Balaban J connectivity index is 1.46. The maximum atomic E-state index is 14.1. The van der Waals surface area contributed by atoms with E-state index in [1.54, 1.807) is 0 Å². The fourth-order valence-corrected chi connectivity index (χ4v) is 5.82. The van der Waals surface area contributed by atoms with E-state index in [1.807, 2.05) is 0 Å². The Kier molecular flexibility index (Phi) is 10.8. The number of Topliss-reactive ketones (excluding diaryl/α,β-unsaturated/α-hetero) is 1. The molecule has 3 N–H and O–H groups in total. The number of ketones is 1. The SMILES string of the molecule is CCC(F)(F)c1cc(NC(=O)OCC2CCCC(CCC(=O)CC3(N)CCCCC3)CC2)cc(C(F)(F)F)c1. The van der Waals surface area contributed by atoms with Crippen LogP contribution in [0.1, 0.15) is 108 Å². The van der Waals surface area contributed by atoms with Crippen LogP contribution in [-0.4, -0.2) is 24.0 Å². The highest BCUT2D eigenvalue weighted by atomic mass is 19.4. The summed E-state index contributed by atoms with van der Waals surface area (Å²) in [5.41, 5.74) is 3.61. The Morgan fingerprint density at radius 3 is 2.26 bits per heavy atom. The minimum atomic E-state index is -4.84. The molecular formula is C29H41F5N2O3. The summed E-state index contributed by atoms with van der Waals surface area (Å²) < 4.78 is 73.2. The van der Waals surface area contributed by atoms with Gasteiger partial charge in [-0.1, -0.05) is 45.4 Å². The average molecular weight is 561 g/mol. The summed E-state index contributed by atoms with van der Waals surface area (Å²) in [5.74, 6) is -2.73. The van der Waals surface area contributed by atoms with E-state index >= 15 is 0 Å². The van der Waals surface area contributed by atoms with Crippen molar-refractivity contribution in [1.29, 1.82) is 0 Å². The van der Waals surface area contributed by atoms with Crippen LogP contribution in [0.2, 0.25) is 0 Å². The molecule has 0 bridgehead atoms. The number of amides is 1. The highest BCUT2D eigenvalue weighted by Crippen LogP contribution is 2.38. The lowest BCUT2D eigenvalue weighted by Crippen LogP contribution is -2.43. The number of hydrogen-bond acceptors (Lipinski definition) is 4. The molecular weight excluding hydrogens is 519 g/mol. The van der Waals surface area contributed by atoms with Crippen molar-refractivity contribution in [1.82, 2.24) is 0 Å². The Bertz CT molecular complexity index is 976. The van der Waals surface area contributed by atoms with Crippen LogP contribution in [0.15, 0.2) is 18.2 Å². The van der Waals surface area contributed by atoms with Crippen molar-refractivity contribution in [2.45, 2.75) is 114 Å². The Labute approximate surface area is 227 Å². The molecule has 10 heteroatoms. The maximum absolute atomic E-state index is 14.1. The molecule has 0 saturated heterocycles. The smallest absolute Gasteiger partial charge is 0.416 e. The highest BCUT2D eigenvalue weighted by molar-refractivity contribution is 5.85. The van der Waals surface area contributed by atoms with Crippen LogP contribution in [0.25, 0.3) is 0 Å². The molecule has 2 saturated carbocycles. The van der Waals surface area contributed by atoms with E-state index in [1.165, 1.54) is 13.3 Å². The molecule has 3 rings (SSSR count). The van der Waals surface area contributed by atoms with Crippen LogP contribution in [-0.2, 0) is 21.6 Å². The van der Waals surface area contributed by atoms with E-state index in [0.29, 0.717) is 30.9 Å². The van der Waals surface area contributed by atoms with Gasteiger partial charge in [-0.25, -0.2) is 13.6 Å². The van der Waals surface area contributed by atoms with E-state index < -0.39 is 41.4 Å². The third-order valence-corrected chi connectivity index (χ3v) is 8.26. The van der Waals surface area contributed by atoms with Crippen molar-refractivity contribution >= 4 is 17.6 Å². The van der Waals surface area contributed by atoms with Crippen LogP contribution in [0.4, 0.5) is 32.4 Å². The van der Waals surface area contributed by atoms with E-state index in [-0.39, 0.29) is 23.8 Å². The summed E-state index contributed by atoms with van der Waals surface area (Å²) >= 11 is 0. The number of benzene rings is 1. The predicted octanol–water partition coefficient (Wildman–Crippen LogP) is 8.35. The van der Waals surface area contributed by atoms with Gasteiger partial charge in [0, 0.05) is 36.1 Å². The quantitative estimate of drug-likeness (QED) is 0.223. The zero-order chi connectivity index (χ0) is 28.7. The van der Waals surface area contributed by atoms with E-state index in [2.05, 4.69) is 5.32 Å². The molecule has 220 valence electrons. The summed E-state index contributed by atoms with van der Waals surface area (Å²) in [7, 11) is 0. The summed E-state index contributed by atoms with van der Waals surface area (Å²) in [6, 6.07) is 1.87. The third kappa shape index (κ3) is 9.72. The Morgan fingerprint density at radius 1 is 0.949 bits per heavy atom. The average Bonchev–Trinajstić information content (AvgIpc) is 3.11. The molecule has 1 amide bonds. The minimum Gasteiger partial charge on any atom is -0.449 e. The van der Waals surface area contributed by atoms with Gasteiger partial charge in [-0.2, -0.15) is 13.2 Å². The zero-order valence-electron chi connectivity index (χ0n) is 22.7. The van der Waals surface area contributed by atoms with Crippen LogP contribution in [0, 0.1) is 11.8 Å². The summed E-state index contributed by atoms with van der Waals surface area (Å²) in [5, 5.41) is 2.18. The van der Waals surface area contributed by atoms with Crippen LogP contribution in [0.3, 0.4) is 0 Å². The van der Waals surface area contributed by atoms with Gasteiger partial charge in [-0.3, -0.25) is 10.1 Å². The van der Waals surface area contributed by atoms with Gasteiger partial charge in [0.1, 0.15) is 5.78 Å². The molecule has 0 heterocycles. The van der Waals surface area contributed by atoms with Gasteiger partial charge in [-0.05, 0) is 62.1 Å². The number of hydrogen-bond donors (Lipinski definition) is 2. The van der Waals surface area contributed by atoms with E-state index in [9.17, 15) is 31.5 Å². The standard InChI is InChI=1S/C29H41F5N2O3/c1-2-28(30,31)22-15-23(29(32,33)34)17-24(16-22)36-26(38)39-19-21-8-6-7-20(9-10-21)11-12-25(37)18-27(35)13-4-3-5-14-27/h15-17,20-21H,2-14,18-19,35H2,1H3,(H,36,38). The first-order chi connectivity index (χ1) is 18.3. The number of alkyl halides is 5. The Morgan fingerprint density at radius 2 is 1.59 bits per heavy atom. The predicted molar refractivity (Wildman–Crippen MR) is 140 cm³/mol. The molecule has 0 radical (unpaired) electrons. The van der Waals surface area contributed by atoms with Crippen molar-refractivity contribution in [2.24, 2.45) is 17.6 Å². The lowest BCUT2D eigenvalue weighted by Gasteiger charge is -2.33. The van der Waals surface area contributed by atoms with Gasteiger partial charge in [0.2, 0.25) is 0 Å². The molecule has 2 aliphatic rings. The molecule has 1 aromatic rings. The molecule has 0 aromatic heterocycles. The first kappa shape index (κ1) is 31.3. The molecule has 1 aromatic carbocycles. The summed E-state index contributed by atoms with van der Waals surface area (Å²) in [6.07, 6.45) is 4.95. The fourth-order valence-electron chi connectivity index (χ4n) is 5.82. The van der Waals surface area contributed by atoms with Crippen molar-refractivity contribution < 1.29 is 36.3 Å². The number of halogens is 5. The molecule has 2 aliphatic carbocycles. The highest BCUT2D eigenvalue weighted by Gasteiger charge is 2.36. The van der Waals surface area contributed by atoms with Gasteiger partial charge >= 0.3 is 12.3 Å². The third-order valence-electron chi connectivity index (χ3n) is 8.26. The van der Waals surface area contributed by atoms with Gasteiger partial charge in [0.05, 0.1) is 12.2 Å². The summed E-state index contributed by atoms with van der Waals surface area (Å²) in [4.78, 5) is 24.9. The Hall–Kier alpha value is -2.23. The molecule has 2 unspecified atom stereocenters. The first-order valence-corrected chi connectivity index (χ1v) is 14.1. The van der Waals surface area contributed by atoms with Crippen molar-refractivity contribution in [3.63, 3.8) is 0 Å². The van der Waals surface area contributed by atoms with Crippen molar-refractivity contribution in [3.05, 3.63) is 29.3 Å². The number of nitrogens with one attached hydrogen (secondary N) is 1. The first-order valence-electron chi connectivity index (χ1n) is 14.1. The van der Waals surface area contributed by atoms with E-state index in [4.69, 9.17) is 10.5 Å². The zero-order valence-corrected chi connectivity index (χ0v) is 22.7. The fraction of sp³-hybridized carbons (Fsp3) is 0.724. The van der Waals surface area contributed by atoms with E-state index in [0.717, 1.165) is 70.3 Å². The van der Waals surface area contributed by atoms with Crippen molar-refractivity contribution in [2.75, 3.05) is 11.9 Å². The second-order valence-electron chi connectivity index (χ2n) is 11.5. The second kappa shape index (κ2) is 13.4. The molecule has 0 spiro atoms. The molecule has 2 fully saturated rings. The second-order valence-corrected chi connectivity index (χ2v) is 11.5. The lowest BCUT2D eigenvalue weighted by atomic mass is 9.78. The minimum absolute atomic E-state index is 0.0874. The summed E-state index contributed by atoms with van der Waals surface area (Å²) in [6.45, 7) is 1.26. The molecule has 5 nitrogen and oxygen atoms in total. The largest absolute Gasteiger partial charge is 0.449 e. The molecule has 39 heavy (non-hydrogen) atoms. The maximum Gasteiger partial charge on any atom is 0.416 e. The van der Waals surface area contributed by atoms with Gasteiger partial charge in [0.25, 0.3) is 5.92 Å². The number of carbonyl (C=O) groups excluding carboxylic acids is 2. The molecule has 0 aliphatic heterocycles. The lowest BCUT2D eigenvalue weighted by molar-refractivity contribution is -0.137. The topological polar surface area (TPSA) is 81.4 Å². The monoisotopic (exact) mass is 560 g/mol. The number of carbonyl (C=O) groups is 2. The van der Waals surface area contributed by atoms with Gasteiger partial charge < -0.3 is 10.5 Å². The van der Waals surface area contributed by atoms with Crippen LogP contribution >= 0.6 is 0 Å². The normalized spacial score (nSPS) is 22.1. The number of rotatable bonds is 10. The van der Waals surface area contributed by atoms with Gasteiger partial charge in [-0.15, -0.1) is 0 Å². The number of anilines is 1.